The number of aromatic nitrogens is 1. The molecule has 1 aromatic rings. The molecule has 2 atom stereocenters. The lowest BCUT2D eigenvalue weighted by atomic mass is 9.88. The van der Waals surface area contributed by atoms with E-state index in [-0.39, 0.29) is 34.7 Å². The van der Waals surface area contributed by atoms with E-state index in [2.05, 4.69) is 10.3 Å². The fourth-order valence-corrected chi connectivity index (χ4v) is 3.49. The Hall–Kier alpha value is -2.07. The van der Waals surface area contributed by atoms with E-state index in [4.69, 9.17) is 4.74 Å². The number of carbonyl (C=O) groups excluding carboxylic acids is 1. The predicted octanol–water partition coefficient (Wildman–Crippen LogP) is 1.39. The molecule has 0 aromatic carbocycles. The van der Waals surface area contributed by atoms with Gasteiger partial charge in [0.15, 0.2) is 14.9 Å². The highest BCUT2D eigenvalue weighted by molar-refractivity contribution is 7.90. The van der Waals surface area contributed by atoms with Crippen LogP contribution in [0.3, 0.4) is 0 Å². The molecule has 1 fully saturated rings. The number of esters is 1. The number of sulfone groups is 1. The number of ether oxygens (including phenoxy) is 1. The van der Waals surface area contributed by atoms with E-state index >= 15 is 0 Å². The molecule has 1 aromatic heterocycles. The van der Waals surface area contributed by atoms with Crippen LogP contribution in [0.4, 0.5) is 5.69 Å². The first-order valence-electron chi connectivity index (χ1n) is 7.96. The molecule has 2 unspecified atom stereocenters. The molecule has 1 saturated heterocycles. The maximum atomic E-state index is 11.7. The zero-order valence-electron chi connectivity index (χ0n) is 14.1. The summed E-state index contributed by atoms with van der Waals surface area (Å²) in [7, 11) is -3.58. The molecule has 2 rings (SSSR count). The lowest BCUT2D eigenvalue weighted by Crippen LogP contribution is -2.34. The van der Waals surface area contributed by atoms with Gasteiger partial charge >= 0.3 is 5.97 Å². The van der Waals surface area contributed by atoms with Crippen molar-refractivity contribution in [2.24, 2.45) is 5.92 Å². The number of pyridine rings is 1. The van der Waals surface area contributed by atoms with Crippen LogP contribution in [-0.2, 0) is 19.4 Å². The SMILES string of the molecule is CCOC(=O)CC1CCNC(c2nc(S(C)(=O)=O)ccc2[N+](=O)[O-])C1. The number of carbonyl (C=O) groups is 1. The molecular formula is C15H21N3O6S. The van der Waals surface area contributed by atoms with Gasteiger partial charge in [-0.25, -0.2) is 13.4 Å². The maximum Gasteiger partial charge on any atom is 0.306 e. The van der Waals surface area contributed by atoms with E-state index in [1.807, 2.05) is 0 Å². The first kappa shape index (κ1) is 19.3. The number of nitrogens with one attached hydrogen (secondary N) is 1. The van der Waals surface area contributed by atoms with Crippen LogP contribution in [0.2, 0.25) is 0 Å². The van der Waals surface area contributed by atoms with Gasteiger partial charge in [-0.15, -0.1) is 0 Å². The molecule has 1 aliphatic rings. The molecule has 0 radical (unpaired) electrons. The van der Waals surface area contributed by atoms with Gasteiger partial charge in [0.25, 0.3) is 5.69 Å². The van der Waals surface area contributed by atoms with Crippen molar-refractivity contribution in [2.75, 3.05) is 19.4 Å². The van der Waals surface area contributed by atoms with Gasteiger partial charge in [-0.2, -0.15) is 0 Å². The molecule has 0 aliphatic carbocycles. The summed E-state index contributed by atoms with van der Waals surface area (Å²) in [5.74, 6) is -0.311. The van der Waals surface area contributed by atoms with Crippen LogP contribution in [0.5, 0.6) is 0 Å². The van der Waals surface area contributed by atoms with Crippen LogP contribution >= 0.6 is 0 Å². The van der Waals surface area contributed by atoms with Crippen molar-refractivity contribution in [1.29, 1.82) is 0 Å². The second kappa shape index (κ2) is 7.87. The second-order valence-corrected chi connectivity index (χ2v) is 7.95. The lowest BCUT2D eigenvalue weighted by molar-refractivity contribution is -0.386. The number of piperidine rings is 1. The van der Waals surface area contributed by atoms with Crippen LogP contribution in [0.1, 0.15) is 37.9 Å². The molecule has 0 bridgehead atoms. The maximum absolute atomic E-state index is 11.7. The van der Waals surface area contributed by atoms with Crippen LogP contribution in [0, 0.1) is 16.0 Å². The van der Waals surface area contributed by atoms with E-state index in [1.54, 1.807) is 6.92 Å². The summed E-state index contributed by atoms with van der Waals surface area (Å²) in [5, 5.41) is 14.2. The van der Waals surface area contributed by atoms with Crippen molar-refractivity contribution in [2.45, 2.75) is 37.3 Å². The average molecular weight is 371 g/mol. The Morgan fingerprint density at radius 1 is 1.48 bits per heavy atom. The molecule has 10 heteroatoms. The summed E-state index contributed by atoms with van der Waals surface area (Å²) in [6.07, 6.45) is 2.41. The Balaban J connectivity index is 2.29. The molecule has 1 N–H and O–H groups in total. The van der Waals surface area contributed by atoms with Crippen molar-refractivity contribution >= 4 is 21.5 Å². The number of hydrogen-bond donors (Lipinski definition) is 1. The summed E-state index contributed by atoms with van der Waals surface area (Å²) >= 11 is 0. The smallest absolute Gasteiger partial charge is 0.306 e. The molecule has 0 amide bonds. The van der Waals surface area contributed by atoms with E-state index in [0.717, 1.165) is 24.8 Å². The number of hydrogen-bond acceptors (Lipinski definition) is 8. The summed E-state index contributed by atoms with van der Waals surface area (Å²) in [6, 6.07) is 1.81. The molecule has 1 aliphatic heterocycles. The van der Waals surface area contributed by atoms with Gasteiger partial charge in [0.05, 0.1) is 17.6 Å². The highest BCUT2D eigenvalue weighted by Gasteiger charge is 2.31. The minimum atomic E-state index is -3.58. The highest BCUT2D eigenvalue weighted by atomic mass is 32.2. The quantitative estimate of drug-likeness (QED) is 0.451. The van der Waals surface area contributed by atoms with Crippen LogP contribution in [0.25, 0.3) is 0 Å². The number of nitro groups is 1. The zero-order chi connectivity index (χ0) is 18.6. The molecule has 0 spiro atoms. The fraction of sp³-hybridized carbons (Fsp3) is 0.600. The average Bonchev–Trinajstić information content (AvgIpc) is 2.53. The minimum Gasteiger partial charge on any atom is -0.466 e. The summed E-state index contributed by atoms with van der Waals surface area (Å²) in [6.45, 7) is 2.58. The molecule has 9 nitrogen and oxygen atoms in total. The third-order valence-corrected chi connectivity index (χ3v) is 5.04. The Bertz CT molecular complexity index is 765. The molecule has 25 heavy (non-hydrogen) atoms. The standard InChI is InChI=1S/C15H21N3O6S/c1-3-24-14(19)9-10-6-7-16-11(8-10)15-12(18(20)21)4-5-13(17-15)25(2,22)23/h4-5,10-11,16H,3,6-9H2,1-2H3. The van der Waals surface area contributed by atoms with Crippen LogP contribution < -0.4 is 5.32 Å². The minimum absolute atomic E-state index is 0.00593. The molecular weight excluding hydrogens is 350 g/mol. The van der Waals surface area contributed by atoms with E-state index in [1.165, 1.54) is 0 Å². The van der Waals surface area contributed by atoms with Crippen molar-refractivity contribution in [1.82, 2.24) is 10.3 Å². The third-order valence-electron chi connectivity index (χ3n) is 4.06. The zero-order valence-corrected chi connectivity index (χ0v) is 14.9. The topological polar surface area (TPSA) is 128 Å². The second-order valence-electron chi connectivity index (χ2n) is 5.99. The number of nitrogens with zero attached hydrogens (tertiary/aromatic N) is 2. The van der Waals surface area contributed by atoms with Gasteiger partial charge in [0.2, 0.25) is 0 Å². The van der Waals surface area contributed by atoms with Gasteiger partial charge in [-0.05, 0) is 38.3 Å². The van der Waals surface area contributed by atoms with Gasteiger partial charge in [0, 0.05) is 18.7 Å². The van der Waals surface area contributed by atoms with Gasteiger partial charge < -0.3 is 10.1 Å². The molecule has 0 saturated carbocycles. The Morgan fingerprint density at radius 3 is 2.80 bits per heavy atom. The monoisotopic (exact) mass is 371 g/mol. The fourth-order valence-electron chi connectivity index (χ4n) is 2.91. The Morgan fingerprint density at radius 2 is 2.20 bits per heavy atom. The van der Waals surface area contributed by atoms with Crippen molar-refractivity contribution in [3.8, 4) is 0 Å². The highest BCUT2D eigenvalue weighted by Crippen LogP contribution is 2.33. The third kappa shape index (κ3) is 4.95. The predicted molar refractivity (Wildman–Crippen MR) is 88.7 cm³/mol. The van der Waals surface area contributed by atoms with Crippen molar-refractivity contribution in [3.63, 3.8) is 0 Å². The van der Waals surface area contributed by atoms with E-state index < -0.39 is 20.8 Å². The van der Waals surface area contributed by atoms with Crippen molar-refractivity contribution < 1.29 is 22.9 Å². The first-order valence-corrected chi connectivity index (χ1v) is 9.86. The number of rotatable bonds is 6. The van der Waals surface area contributed by atoms with Gasteiger partial charge in [-0.1, -0.05) is 0 Å². The summed E-state index contributed by atoms with van der Waals surface area (Å²) < 4.78 is 28.4. The summed E-state index contributed by atoms with van der Waals surface area (Å²) in [4.78, 5) is 26.4. The summed E-state index contributed by atoms with van der Waals surface area (Å²) in [5.41, 5.74) is -0.150. The molecule has 138 valence electrons. The van der Waals surface area contributed by atoms with E-state index in [9.17, 15) is 23.3 Å². The lowest BCUT2D eigenvalue weighted by Gasteiger charge is -2.29. The van der Waals surface area contributed by atoms with Crippen molar-refractivity contribution in [3.05, 3.63) is 27.9 Å². The van der Waals surface area contributed by atoms with Crippen LogP contribution in [0.15, 0.2) is 17.2 Å². The largest absolute Gasteiger partial charge is 0.466 e. The Labute approximate surface area is 145 Å². The van der Waals surface area contributed by atoms with Gasteiger partial charge in [-0.3, -0.25) is 14.9 Å². The normalized spacial score (nSPS) is 20.9. The Kier molecular flexibility index (Phi) is 6.07. The van der Waals surface area contributed by atoms with Gasteiger partial charge in [0.1, 0.15) is 5.69 Å². The first-order chi connectivity index (χ1) is 11.7. The van der Waals surface area contributed by atoms with Crippen LogP contribution in [-0.4, -0.2) is 43.7 Å². The molecule has 2 heterocycles. The van der Waals surface area contributed by atoms with E-state index in [0.29, 0.717) is 19.6 Å².